The van der Waals surface area contributed by atoms with E-state index in [1.54, 1.807) is 28.0 Å². The van der Waals surface area contributed by atoms with Crippen LogP contribution in [-0.4, -0.2) is 27.2 Å². The van der Waals surface area contributed by atoms with Gasteiger partial charge in [-0.1, -0.05) is 29.8 Å². The van der Waals surface area contributed by atoms with E-state index < -0.39 is 5.97 Å². The molecule has 0 unspecified atom stereocenters. The largest absolute Gasteiger partial charge is 0.494 e. The van der Waals surface area contributed by atoms with Gasteiger partial charge in [-0.2, -0.15) is 0 Å². The highest BCUT2D eigenvalue weighted by atomic mass is 32.1. The molecule has 4 rings (SSSR count). The van der Waals surface area contributed by atoms with Crippen molar-refractivity contribution in [3.63, 3.8) is 0 Å². The molecule has 2 aromatic heterocycles. The van der Waals surface area contributed by atoms with Crippen LogP contribution in [0.3, 0.4) is 0 Å². The molecule has 0 bridgehead atoms. The van der Waals surface area contributed by atoms with E-state index in [0.717, 1.165) is 26.4 Å². The van der Waals surface area contributed by atoms with Crippen molar-refractivity contribution in [3.8, 4) is 17.1 Å². The molecule has 0 aliphatic heterocycles. The number of carboxylic acid groups (broad SMARTS) is 1. The lowest BCUT2D eigenvalue weighted by Gasteiger charge is -2.14. The summed E-state index contributed by atoms with van der Waals surface area (Å²) in [5.41, 5.74) is 3.23. The molecular formula is C25H24N2O4S. The number of ether oxygens (including phenoxy) is 1. The summed E-state index contributed by atoms with van der Waals surface area (Å²) in [5, 5.41) is 9.68. The van der Waals surface area contributed by atoms with Gasteiger partial charge in [-0.05, 0) is 57.0 Å². The first-order valence-electron chi connectivity index (χ1n) is 10.4. The third-order valence-electron chi connectivity index (χ3n) is 5.49. The van der Waals surface area contributed by atoms with Crippen LogP contribution in [0.2, 0.25) is 0 Å². The molecule has 0 saturated heterocycles. The molecule has 0 fully saturated rings. The van der Waals surface area contributed by atoms with E-state index >= 15 is 0 Å². The molecule has 0 aliphatic rings. The van der Waals surface area contributed by atoms with Gasteiger partial charge in [0.25, 0.3) is 5.56 Å². The van der Waals surface area contributed by atoms with Crippen molar-refractivity contribution in [2.75, 3.05) is 6.61 Å². The fourth-order valence-electron chi connectivity index (χ4n) is 3.56. The van der Waals surface area contributed by atoms with Gasteiger partial charge in [-0.15, -0.1) is 11.3 Å². The molecule has 0 aliphatic carbocycles. The van der Waals surface area contributed by atoms with Crippen molar-refractivity contribution in [3.05, 3.63) is 80.5 Å². The highest BCUT2D eigenvalue weighted by Gasteiger charge is 2.17. The molecule has 6 nitrogen and oxygen atoms in total. The summed E-state index contributed by atoms with van der Waals surface area (Å²) in [7, 11) is 0. The van der Waals surface area contributed by atoms with Crippen LogP contribution in [0.5, 0.6) is 5.75 Å². The number of hydrogen-bond donors (Lipinski definition) is 1. The van der Waals surface area contributed by atoms with Crippen molar-refractivity contribution < 1.29 is 14.6 Å². The van der Waals surface area contributed by atoms with Crippen molar-refractivity contribution in [1.82, 2.24) is 9.55 Å². The Morgan fingerprint density at radius 3 is 2.41 bits per heavy atom. The van der Waals surface area contributed by atoms with Crippen LogP contribution in [-0.2, 0) is 6.54 Å². The summed E-state index contributed by atoms with van der Waals surface area (Å²) in [5.74, 6) is 0.287. The van der Waals surface area contributed by atoms with E-state index in [1.165, 1.54) is 12.1 Å². The van der Waals surface area contributed by atoms with Crippen LogP contribution < -0.4 is 10.3 Å². The Morgan fingerprint density at radius 2 is 1.75 bits per heavy atom. The number of thiophene rings is 1. The van der Waals surface area contributed by atoms with Crippen LogP contribution >= 0.6 is 11.3 Å². The van der Waals surface area contributed by atoms with Crippen LogP contribution in [0.4, 0.5) is 0 Å². The van der Waals surface area contributed by atoms with E-state index in [9.17, 15) is 9.59 Å². The average molecular weight is 449 g/mol. The van der Waals surface area contributed by atoms with E-state index in [4.69, 9.17) is 14.8 Å². The van der Waals surface area contributed by atoms with Gasteiger partial charge < -0.3 is 9.84 Å². The summed E-state index contributed by atoms with van der Waals surface area (Å²) in [4.78, 5) is 31.1. The topological polar surface area (TPSA) is 81.4 Å². The summed E-state index contributed by atoms with van der Waals surface area (Å²) in [6.45, 7) is 6.87. The van der Waals surface area contributed by atoms with Crippen molar-refractivity contribution in [2.45, 2.75) is 33.7 Å². The molecule has 32 heavy (non-hydrogen) atoms. The third-order valence-corrected chi connectivity index (χ3v) is 6.60. The summed E-state index contributed by atoms with van der Waals surface area (Å²) < 4.78 is 7.49. The molecule has 2 heterocycles. The van der Waals surface area contributed by atoms with E-state index in [2.05, 4.69) is 0 Å². The maximum Gasteiger partial charge on any atom is 0.335 e. The minimum Gasteiger partial charge on any atom is -0.494 e. The van der Waals surface area contributed by atoms with Gasteiger partial charge in [0.1, 0.15) is 16.4 Å². The Morgan fingerprint density at radius 1 is 1.06 bits per heavy atom. The van der Waals surface area contributed by atoms with E-state index in [1.807, 2.05) is 45.0 Å². The number of hydrogen-bond acceptors (Lipinski definition) is 5. The number of nitrogens with zero attached hydrogens (tertiary/aromatic N) is 2. The van der Waals surface area contributed by atoms with Crippen LogP contribution in [0.1, 0.15) is 32.8 Å². The van der Waals surface area contributed by atoms with Gasteiger partial charge in [0.05, 0.1) is 17.6 Å². The Kier molecular flexibility index (Phi) is 6.10. The Hall–Kier alpha value is -3.45. The Bertz CT molecular complexity index is 1340. The number of aromatic nitrogens is 2. The lowest BCUT2D eigenvalue weighted by Crippen LogP contribution is -2.24. The quantitative estimate of drug-likeness (QED) is 0.392. The Labute approximate surface area is 189 Å². The average Bonchev–Trinajstić information content (AvgIpc) is 3.07. The van der Waals surface area contributed by atoms with Gasteiger partial charge in [0.2, 0.25) is 0 Å². The fourth-order valence-corrected chi connectivity index (χ4v) is 4.58. The number of aryl methyl sites for hydroxylation is 3. The molecule has 1 N–H and O–H groups in total. The normalized spacial score (nSPS) is 11.1. The van der Waals surface area contributed by atoms with Gasteiger partial charge in [-0.25, -0.2) is 9.78 Å². The highest BCUT2D eigenvalue weighted by Crippen LogP contribution is 2.29. The van der Waals surface area contributed by atoms with Crippen LogP contribution in [0, 0.1) is 20.8 Å². The molecule has 7 heteroatoms. The zero-order valence-corrected chi connectivity index (χ0v) is 19.0. The number of carboxylic acids is 1. The lowest BCUT2D eigenvalue weighted by atomic mass is 10.1. The van der Waals surface area contributed by atoms with Gasteiger partial charge >= 0.3 is 5.97 Å². The smallest absolute Gasteiger partial charge is 0.335 e. The number of rotatable bonds is 7. The van der Waals surface area contributed by atoms with Crippen molar-refractivity contribution in [2.24, 2.45) is 0 Å². The Balaban J connectivity index is 1.60. The van der Waals surface area contributed by atoms with Crippen molar-refractivity contribution >= 4 is 27.5 Å². The number of benzene rings is 2. The predicted octanol–water partition coefficient (Wildman–Crippen LogP) is 5.22. The molecule has 164 valence electrons. The van der Waals surface area contributed by atoms with Crippen molar-refractivity contribution in [1.29, 1.82) is 0 Å². The number of aromatic carboxylic acids is 1. The highest BCUT2D eigenvalue weighted by molar-refractivity contribution is 7.18. The minimum atomic E-state index is -0.971. The molecular weight excluding hydrogens is 424 g/mol. The van der Waals surface area contributed by atoms with E-state index in [-0.39, 0.29) is 11.1 Å². The summed E-state index contributed by atoms with van der Waals surface area (Å²) in [6, 6.07) is 14.3. The zero-order valence-electron chi connectivity index (χ0n) is 18.2. The third kappa shape index (κ3) is 4.29. The predicted molar refractivity (Wildman–Crippen MR) is 127 cm³/mol. The van der Waals surface area contributed by atoms with Gasteiger partial charge in [-0.3, -0.25) is 9.36 Å². The minimum absolute atomic E-state index is 0.0294. The monoisotopic (exact) mass is 448 g/mol. The maximum absolute atomic E-state index is 13.4. The molecule has 0 spiro atoms. The molecule has 0 atom stereocenters. The second-order valence-electron chi connectivity index (χ2n) is 7.75. The molecule has 4 aromatic rings. The number of carbonyl (C=O) groups is 1. The second-order valence-corrected chi connectivity index (χ2v) is 8.96. The fraction of sp³-hybridized carbons (Fsp3) is 0.240. The maximum atomic E-state index is 13.4. The molecule has 0 saturated carbocycles. The SMILES string of the molecule is Cc1ccc(-c2nc3sc(C)c(C)c3c(=O)n2CCCOc2ccc(C(=O)O)cc2)cc1. The molecule has 2 aromatic carbocycles. The van der Waals surface area contributed by atoms with E-state index in [0.29, 0.717) is 36.5 Å². The molecule has 0 amide bonds. The first kappa shape index (κ1) is 21.8. The zero-order chi connectivity index (χ0) is 22.8. The first-order chi connectivity index (χ1) is 15.3. The summed E-state index contributed by atoms with van der Waals surface area (Å²) >= 11 is 1.55. The first-order valence-corrected chi connectivity index (χ1v) is 11.2. The lowest BCUT2D eigenvalue weighted by molar-refractivity contribution is 0.0697. The van der Waals surface area contributed by atoms with Crippen LogP contribution in [0.15, 0.2) is 53.3 Å². The van der Waals surface area contributed by atoms with Crippen LogP contribution in [0.25, 0.3) is 21.6 Å². The molecule has 0 radical (unpaired) electrons. The summed E-state index contributed by atoms with van der Waals surface area (Å²) in [6.07, 6.45) is 0.606. The van der Waals surface area contributed by atoms with Gasteiger partial charge in [0.15, 0.2) is 0 Å². The van der Waals surface area contributed by atoms with Gasteiger partial charge in [0, 0.05) is 17.0 Å². The standard InChI is InChI=1S/C25H24N2O4S/c1-15-5-7-18(8-6-15)22-26-23-21(16(2)17(3)32-23)24(28)27(22)13-4-14-31-20-11-9-19(10-12-20)25(29)30/h5-12H,4,13-14H2,1-3H3,(H,29,30). The second kappa shape index (κ2) is 8.96. The number of fused-ring (bicyclic) bond motifs is 1.